The van der Waals surface area contributed by atoms with Crippen molar-refractivity contribution in [1.82, 2.24) is 19.5 Å². The molecule has 0 N–H and O–H groups in total. The van der Waals surface area contributed by atoms with Crippen LogP contribution in [0.5, 0.6) is 0 Å². The van der Waals surface area contributed by atoms with Crippen molar-refractivity contribution in [3.05, 3.63) is 53.4 Å². The summed E-state index contributed by atoms with van der Waals surface area (Å²) >= 11 is 0. The second kappa shape index (κ2) is 7.39. The zero-order chi connectivity index (χ0) is 19.8. The van der Waals surface area contributed by atoms with Gasteiger partial charge in [0.05, 0.1) is 5.69 Å². The zero-order valence-electron chi connectivity index (χ0n) is 16.7. The third-order valence-electron chi connectivity index (χ3n) is 5.84. The van der Waals surface area contributed by atoms with Crippen molar-refractivity contribution in [1.29, 1.82) is 0 Å². The van der Waals surface area contributed by atoms with Crippen molar-refractivity contribution in [3.63, 3.8) is 0 Å². The minimum absolute atomic E-state index is 0.0200. The summed E-state index contributed by atoms with van der Waals surface area (Å²) in [5.41, 5.74) is 3.72. The minimum Gasteiger partial charge on any atom is -0.462 e. The van der Waals surface area contributed by atoms with Gasteiger partial charge in [0.1, 0.15) is 17.0 Å². The number of carbonyl (C=O) groups is 1. The molecule has 4 heterocycles. The Labute approximate surface area is 169 Å². The van der Waals surface area contributed by atoms with Gasteiger partial charge >= 0.3 is 0 Å². The van der Waals surface area contributed by atoms with Crippen molar-refractivity contribution in [2.24, 2.45) is 0 Å². The molecule has 29 heavy (non-hydrogen) atoms. The van der Waals surface area contributed by atoms with E-state index in [0.717, 1.165) is 43.0 Å². The Bertz CT molecular complexity index is 1070. The number of amides is 1. The van der Waals surface area contributed by atoms with Gasteiger partial charge in [0.25, 0.3) is 0 Å². The fourth-order valence-electron chi connectivity index (χ4n) is 4.32. The topological polar surface area (TPSA) is 66.9 Å². The summed E-state index contributed by atoms with van der Waals surface area (Å²) in [6.45, 7) is 4.79. The molecule has 0 spiro atoms. The predicted octanol–water partition coefficient (Wildman–Crippen LogP) is 2.87. The summed E-state index contributed by atoms with van der Waals surface area (Å²) in [5.74, 6) is 2.56. The Balaban J connectivity index is 1.30. The van der Waals surface area contributed by atoms with Crippen molar-refractivity contribution in [2.45, 2.75) is 32.6 Å². The first kappa shape index (κ1) is 18.0. The molecule has 5 rings (SSSR count). The van der Waals surface area contributed by atoms with E-state index in [9.17, 15) is 4.79 Å². The van der Waals surface area contributed by atoms with Gasteiger partial charge in [-0.15, -0.1) is 0 Å². The number of piperazine rings is 1. The van der Waals surface area contributed by atoms with Crippen molar-refractivity contribution in [3.8, 4) is 0 Å². The number of hydrogen-bond acceptors (Lipinski definition) is 5. The molecular weight excluding hydrogens is 366 g/mol. The van der Waals surface area contributed by atoms with Gasteiger partial charge in [0.2, 0.25) is 5.91 Å². The molecule has 3 aromatic heterocycles. The van der Waals surface area contributed by atoms with E-state index < -0.39 is 0 Å². The third kappa shape index (κ3) is 3.41. The molecular formula is C22H25N5O2. The van der Waals surface area contributed by atoms with Crippen LogP contribution in [0.25, 0.3) is 11.6 Å². The van der Waals surface area contributed by atoms with Crippen LogP contribution in [0, 0.1) is 6.92 Å². The SMILES string of the molecule is Cc1ccc(/C=C/C(=O)N2CCN(c3nccn4nc5c(c34)CCCC5)CC2)o1. The van der Waals surface area contributed by atoms with E-state index in [4.69, 9.17) is 14.5 Å². The molecule has 0 atom stereocenters. The third-order valence-corrected chi connectivity index (χ3v) is 5.84. The van der Waals surface area contributed by atoms with Gasteiger partial charge in [-0.3, -0.25) is 4.79 Å². The average molecular weight is 391 g/mol. The molecule has 0 radical (unpaired) electrons. The Kier molecular flexibility index (Phi) is 4.58. The van der Waals surface area contributed by atoms with Crippen molar-refractivity contribution < 1.29 is 9.21 Å². The van der Waals surface area contributed by atoms with Crippen molar-refractivity contribution in [2.75, 3.05) is 31.1 Å². The van der Waals surface area contributed by atoms with Gasteiger partial charge in [0.15, 0.2) is 5.82 Å². The number of nitrogens with zero attached hydrogens (tertiary/aromatic N) is 5. The van der Waals surface area contributed by atoms with E-state index in [1.54, 1.807) is 12.2 Å². The standard InChI is InChI=1S/C22H25N5O2/c1-16-6-7-17(29-16)8-9-20(28)25-12-14-26(15-13-25)22-21-18-4-2-3-5-19(18)24-27(21)11-10-23-22/h6-11H,2-5,12-15H2,1H3/b9-8+. The van der Waals surface area contributed by atoms with Crippen LogP contribution in [0.4, 0.5) is 5.82 Å². The molecule has 150 valence electrons. The van der Waals surface area contributed by atoms with E-state index in [1.807, 2.05) is 40.9 Å². The molecule has 2 aliphatic rings. The Hall–Kier alpha value is -3.09. The lowest BCUT2D eigenvalue weighted by atomic mass is 9.97. The molecule has 0 unspecified atom stereocenters. The number of furan rings is 1. The average Bonchev–Trinajstić information content (AvgIpc) is 3.35. The van der Waals surface area contributed by atoms with Crippen LogP contribution in [0.1, 0.15) is 35.6 Å². The number of aromatic nitrogens is 3. The lowest BCUT2D eigenvalue weighted by molar-refractivity contribution is -0.126. The minimum atomic E-state index is 0.0200. The fraction of sp³-hybridized carbons (Fsp3) is 0.409. The molecule has 1 saturated heterocycles. The number of fused-ring (bicyclic) bond motifs is 3. The fourth-order valence-corrected chi connectivity index (χ4v) is 4.32. The lowest BCUT2D eigenvalue weighted by Crippen LogP contribution is -2.48. The quantitative estimate of drug-likeness (QED) is 0.643. The first-order valence-corrected chi connectivity index (χ1v) is 10.3. The second-order valence-electron chi connectivity index (χ2n) is 7.77. The van der Waals surface area contributed by atoms with E-state index in [1.165, 1.54) is 24.1 Å². The molecule has 1 amide bonds. The Morgan fingerprint density at radius 1 is 1.14 bits per heavy atom. The largest absolute Gasteiger partial charge is 0.462 e. The van der Waals surface area contributed by atoms with Crippen LogP contribution >= 0.6 is 0 Å². The molecule has 3 aromatic rings. The zero-order valence-corrected chi connectivity index (χ0v) is 16.7. The first-order chi connectivity index (χ1) is 14.2. The Morgan fingerprint density at radius 2 is 1.97 bits per heavy atom. The second-order valence-corrected chi connectivity index (χ2v) is 7.77. The van der Waals surface area contributed by atoms with Crippen LogP contribution in [0.3, 0.4) is 0 Å². The molecule has 7 heteroatoms. The van der Waals surface area contributed by atoms with Crippen LogP contribution < -0.4 is 4.90 Å². The first-order valence-electron chi connectivity index (χ1n) is 10.3. The molecule has 1 aliphatic carbocycles. The highest BCUT2D eigenvalue weighted by Gasteiger charge is 2.25. The van der Waals surface area contributed by atoms with Crippen molar-refractivity contribution >= 4 is 23.3 Å². The summed E-state index contributed by atoms with van der Waals surface area (Å²) in [6.07, 6.45) is 11.7. The highest BCUT2D eigenvalue weighted by atomic mass is 16.3. The van der Waals surface area contributed by atoms with Gasteiger partial charge in [0, 0.05) is 50.2 Å². The lowest BCUT2D eigenvalue weighted by Gasteiger charge is -2.35. The monoisotopic (exact) mass is 391 g/mol. The molecule has 7 nitrogen and oxygen atoms in total. The highest BCUT2D eigenvalue weighted by molar-refractivity contribution is 5.91. The summed E-state index contributed by atoms with van der Waals surface area (Å²) in [4.78, 5) is 21.4. The highest BCUT2D eigenvalue weighted by Crippen LogP contribution is 2.30. The van der Waals surface area contributed by atoms with Gasteiger partial charge < -0.3 is 14.2 Å². The smallest absolute Gasteiger partial charge is 0.246 e. The van der Waals surface area contributed by atoms with E-state index in [2.05, 4.69) is 4.90 Å². The normalized spacial score (nSPS) is 17.3. The molecule has 1 fully saturated rings. The van der Waals surface area contributed by atoms with E-state index in [0.29, 0.717) is 18.8 Å². The molecule has 1 aliphatic heterocycles. The van der Waals surface area contributed by atoms with Gasteiger partial charge in [-0.05, 0) is 50.8 Å². The molecule has 0 saturated carbocycles. The van der Waals surface area contributed by atoms with Gasteiger partial charge in [-0.1, -0.05) is 0 Å². The maximum absolute atomic E-state index is 12.5. The van der Waals surface area contributed by atoms with Crippen LogP contribution in [0.2, 0.25) is 0 Å². The Morgan fingerprint density at radius 3 is 2.76 bits per heavy atom. The summed E-state index contributed by atoms with van der Waals surface area (Å²) < 4.78 is 7.48. The predicted molar refractivity (Wildman–Crippen MR) is 111 cm³/mol. The van der Waals surface area contributed by atoms with Crippen LogP contribution in [-0.2, 0) is 17.6 Å². The number of rotatable bonds is 3. The summed E-state index contributed by atoms with van der Waals surface area (Å²) in [6, 6.07) is 3.77. The maximum atomic E-state index is 12.5. The number of anilines is 1. The van der Waals surface area contributed by atoms with E-state index in [-0.39, 0.29) is 5.91 Å². The van der Waals surface area contributed by atoms with Gasteiger partial charge in [-0.25, -0.2) is 9.50 Å². The number of hydrogen-bond donors (Lipinski definition) is 0. The number of aryl methyl sites for hydroxylation is 3. The summed E-state index contributed by atoms with van der Waals surface area (Å²) in [7, 11) is 0. The van der Waals surface area contributed by atoms with Crippen LogP contribution in [0.15, 0.2) is 35.0 Å². The van der Waals surface area contributed by atoms with Gasteiger partial charge in [-0.2, -0.15) is 5.10 Å². The molecule has 0 aromatic carbocycles. The maximum Gasteiger partial charge on any atom is 0.246 e. The van der Waals surface area contributed by atoms with Crippen LogP contribution in [-0.4, -0.2) is 51.6 Å². The summed E-state index contributed by atoms with van der Waals surface area (Å²) in [5, 5.41) is 4.77. The molecule has 0 bridgehead atoms. The number of carbonyl (C=O) groups excluding carboxylic acids is 1. The van der Waals surface area contributed by atoms with E-state index >= 15 is 0 Å².